The maximum Gasteiger partial charge on any atom is 0.239 e. The molecule has 0 aromatic rings. The normalized spacial score (nSPS) is 23.3. The van der Waals surface area contributed by atoms with E-state index < -0.39 is 11.6 Å². The summed E-state index contributed by atoms with van der Waals surface area (Å²) in [5, 5.41) is 4.90. The van der Waals surface area contributed by atoms with Gasteiger partial charge in [-0.3, -0.25) is 14.4 Å². The lowest BCUT2D eigenvalue weighted by Gasteiger charge is -2.21. The fourth-order valence-corrected chi connectivity index (χ4v) is 1.70. The molecule has 2 amide bonds. The summed E-state index contributed by atoms with van der Waals surface area (Å²) in [4.78, 5) is 33.8. The van der Waals surface area contributed by atoms with Crippen LogP contribution in [0, 0.1) is 5.92 Å². The Labute approximate surface area is 106 Å². The van der Waals surface area contributed by atoms with Crippen LogP contribution in [0.4, 0.5) is 0 Å². The van der Waals surface area contributed by atoms with Gasteiger partial charge in [0.2, 0.25) is 12.3 Å². The van der Waals surface area contributed by atoms with Crippen molar-refractivity contribution in [2.75, 3.05) is 13.2 Å². The number of ketones is 1. The molecule has 1 fully saturated rings. The molecular formula is C12H20N2O4. The maximum absolute atomic E-state index is 12.1. The van der Waals surface area contributed by atoms with Crippen LogP contribution >= 0.6 is 0 Å². The van der Waals surface area contributed by atoms with Gasteiger partial charge in [-0.25, -0.2) is 0 Å². The van der Waals surface area contributed by atoms with Crippen molar-refractivity contribution in [3.63, 3.8) is 0 Å². The quantitative estimate of drug-likeness (QED) is 0.458. The lowest BCUT2D eigenvalue weighted by molar-refractivity contribution is -0.130. The average Bonchev–Trinajstić information content (AvgIpc) is 3.03. The molecule has 6 nitrogen and oxygen atoms in total. The lowest BCUT2D eigenvalue weighted by Crippen LogP contribution is -2.48. The van der Waals surface area contributed by atoms with Gasteiger partial charge in [-0.1, -0.05) is 13.8 Å². The molecule has 102 valence electrons. The minimum Gasteiger partial charge on any atom is -0.361 e. The zero-order valence-electron chi connectivity index (χ0n) is 11.0. The van der Waals surface area contributed by atoms with Crippen molar-refractivity contribution >= 4 is 18.1 Å². The summed E-state index contributed by atoms with van der Waals surface area (Å²) < 4.78 is 5.11. The summed E-state index contributed by atoms with van der Waals surface area (Å²) in [7, 11) is 0. The second kappa shape index (κ2) is 5.95. The Morgan fingerprint density at radius 2 is 2.06 bits per heavy atom. The van der Waals surface area contributed by atoms with Crippen molar-refractivity contribution in [3.05, 3.63) is 0 Å². The highest BCUT2D eigenvalue weighted by Gasteiger charge is 2.49. The van der Waals surface area contributed by atoms with Crippen LogP contribution in [0.1, 0.15) is 27.2 Å². The first-order chi connectivity index (χ1) is 8.39. The molecule has 1 aliphatic rings. The number of carbonyl (C=O) groups is 3. The highest BCUT2D eigenvalue weighted by molar-refractivity contribution is 5.96. The molecule has 1 unspecified atom stereocenters. The SMILES string of the molecule is CC(C)C[C@@H](NC(=O)CNC=O)C(=O)C1(C)CO1. The third kappa shape index (κ3) is 4.10. The first-order valence-electron chi connectivity index (χ1n) is 6.03. The Morgan fingerprint density at radius 3 is 2.50 bits per heavy atom. The van der Waals surface area contributed by atoms with E-state index in [1.165, 1.54) is 0 Å². The first-order valence-corrected chi connectivity index (χ1v) is 6.03. The standard InChI is InChI=1S/C12H20N2O4/c1-8(2)4-9(11(17)12(3)6-18-12)14-10(16)5-13-7-15/h7-9H,4-6H2,1-3H3,(H,13,15)(H,14,16)/t9-,12?/m1/s1. The molecule has 6 heteroatoms. The van der Waals surface area contributed by atoms with Crippen molar-refractivity contribution in [1.82, 2.24) is 10.6 Å². The molecule has 2 atom stereocenters. The number of amides is 2. The Bertz CT molecular complexity index is 337. The van der Waals surface area contributed by atoms with Gasteiger partial charge in [0, 0.05) is 0 Å². The molecule has 0 bridgehead atoms. The van der Waals surface area contributed by atoms with E-state index in [1.807, 2.05) is 13.8 Å². The summed E-state index contributed by atoms with van der Waals surface area (Å²) in [5.74, 6) is -0.193. The Balaban J connectivity index is 2.57. The van der Waals surface area contributed by atoms with E-state index in [1.54, 1.807) is 6.92 Å². The average molecular weight is 256 g/mol. The number of hydrogen-bond acceptors (Lipinski definition) is 4. The van der Waals surface area contributed by atoms with Crippen LogP contribution in [-0.2, 0) is 19.1 Å². The lowest BCUT2D eigenvalue weighted by atomic mass is 9.93. The fourth-order valence-electron chi connectivity index (χ4n) is 1.70. The van der Waals surface area contributed by atoms with Crippen molar-refractivity contribution < 1.29 is 19.1 Å². The fraction of sp³-hybridized carbons (Fsp3) is 0.750. The van der Waals surface area contributed by atoms with E-state index in [-0.39, 0.29) is 24.2 Å². The van der Waals surface area contributed by atoms with Crippen LogP contribution in [-0.4, -0.2) is 42.9 Å². The van der Waals surface area contributed by atoms with Crippen LogP contribution in [0.3, 0.4) is 0 Å². The van der Waals surface area contributed by atoms with Gasteiger partial charge in [-0.2, -0.15) is 0 Å². The smallest absolute Gasteiger partial charge is 0.239 e. The van der Waals surface area contributed by atoms with Crippen molar-refractivity contribution in [3.8, 4) is 0 Å². The summed E-state index contributed by atoms with van der Waals surface area (Å²) in [6.45, 7) is 5.96. The van der Waals surface area contributed by atoms with Gasteiger partial charge in [0.05, 0.1) is 19.2 Å². The third-order valence-corrected chi connectivity index (χ3v) is 2.80. The molecule has 0 aromatic carbocycles. The number of ether oxygens (including phenoxy) is 1. The summed E-state index contributed by atoms with van der Waals surface area (Å²) >= 11 is 0. The van der Waals surface area contributed by atoms with Crippen LogP contribution in [0.15, 0.2) is 0 Å². The topological polar surface area (TPSA) is 87.8 Å². The predicted molar refractivity (Wildman–Crippen MR) is 64.8 cm³/mol. The maximum atomic E-state index is 12.1. The van der Waals surface area contributed by atoms with E-state index in [2.05, 4.69) is 10.6 Å². The zero-order valence-corrected chi connectivity index (χ0v) is 11.0. The molecule has 1 saturated heterocycles. The first kappa shape index (κ1) is 14.6. The second-order valence-corrected chi connectivity index (χ2v) is 5.13. The molecule has 0 aromatic heterocycles. The Kier molecular flexibility index (Phi) is 4.84. The van der Waals surface area contributed by atoms with Crippen molar-refractivity contribution in [2.45, 2.75) is 38.8 Å². The van der Waals surface area contributed by atoms with Gasteiger partial charge in [0.1, 0.15) is 5.60 Å². The number of hydrogen-bond donors (Lipinski definition) is 2. The minimum atomic E-state index is -0.745. The predicted octanol–water partition coefficient (Wildman–Crippen LogP) is -0.379. The Hall–Kier alpha value is -1.43. The molecule has 0 saturated carbocycles. The molecule has 1 rings (SSSR count). The van der Waals surface area contributed by atoms with Gasteiger partial charge >= 0.3 is 0 Å². The van der Waals surface area contributed by atoms with Crippen LogP contribution in [0.5, 0.6) is 0 Å². The molecule has 1 heterocycles. The monoisotopic (exact) mass is 256 g/mol. The van der Waals surface area contributed by atoms with Gasteiger partial charge in [0.25, 0.3) is 0 Å². The molecule has 18 heavy (non-hydrogen) atoms. The molecule has 0 aliphatic carbocycles. The van der Waals surface area contributed by atoms with Crippen molar-refractivity contribution in [1.29, 1.82) is 0 Å². The van der Waals surface area contributed by atoms with Crippen LogP contribution in [0.25, 0.3) is 0 Å². The number of carbonyl (C=O) groups excluding carboxylic acids is 3. The molecule has 2 N–H and O–H groups in total. The molecule has 0 spiro atoms. The molecular weight excluding hydrogens is 236 g/mol. The molecule has 0 radical (unpaired) electrons. The minimum absolute atomic E-state index is 0.101. The van der Waals surface area contributed by atoms with Crippen LogP contribution < -0.4 is 10.6 Å². The zero-order chi connectivity index (χ0) is 13.8. The van der Waals surface area contributed by atoms with Crippen molar-refractivity contribution in [2.24, 2.45) is 5.92 Å². The van der Waals surface area contributed by atoms with E-state index in [4.69, 9.17) is 4.74 Å². The van der Waals surface area contributed by atoms with E-state index in [0.717, 1.165) is 0 Å². The Morgan fingerprint density at radius 1 is 1.44 bits per heavy atom. The van der Waals surface area contributed by atoms with Gasteiger partial charge in [-0.15, -0.1) is 0 Å². The van der Waals surface area contributed by atoms with Gasteiger partial charge < -0.3 is 15.4 Å². The van der Waals surface area contributed by atoms with Gasteiger partial charge in [-0.05, 0) is 19.3 Å². The summed E-state index contributed by atoms with van der Waals surface area (Å²) in [6, 6.07) is -0.557. The highest BCUT2D eigenvalue weighted by atomic mass is 16.6. The number of nitrogens with one attached hydrogen (secondary N) is 2. The summed E-state index contributed by atoms with van der Waals surface area (Å²) in [5.41, 5.74) is -0.745. The van der Waals surface area contributed by atoms with E-state index in [0.29, 0.717) is 19.4 Å². The summed E-state index contributed by atoms with van der Waals surface area (Å²) in [6.07, 6.45) is 1.01. The largest absolute Gasteiger partial charge is 0.361 e. The third-order valence-electron chi connectivity index (χ3n) is 2.80. The number of epoxide rings is 1. The van der Waals surface area contributed by atoms with E-state index >= 15 is 0 Å². The number of rotatable bonds is 8. The van der Waals surface area contributed by atoms with Gasteiger partial charge in [0.15, 0.2) is 5.78 Å². The highest BCUT2D eigenvalue weighted by Crippen LogP contribution is 2.29. The van der Waals surface area contributed by atoms with E-state index in [9.17, 15) is 14.4 Å². The molecule has 1 aliphatic heterocycles. The van der Waals surface area contributed by atoms with Crippen LogP contribution in [0.2, 0.25) is 0 Å². The number of Topliss-reactive ketones (excluding diaryl/α,β-unsaturated/α-hetero) is 1. The second-order valence-electron chi connectivity index (χ2n) is 5.13.